The minimum absolute atomic E-state index is 0.00789. The van der Waals surface area contributed by atoms with Crippen LogP contribution in [0.5, 0.6) is 0 Å². The van der Waals surface area contributed by atoms with Crippen LogP contribution >= 0.6 is 0 Å². The van der Waals surface area contributed by atoms with Crippen molar-refractivity contribution in [3.05, 3.63) is 47.4 Å². The summed E-state index contributed by atoms with van der Waals surface area (Å²) in [4.78, 5) is 17.1. The summed E-state index contributed by atoms with van der Waals surface area (Å²) in [5, 5.41) is 2.98. The molecule has 1 amide bonds. The number of carbonyl (C=O) groups is 1. The number of carbonyl (C=O) groups excluding carboxylic acids is 1. The van der Waals surface area contributed by atoms with Gasteiger partial charge in [-0.05, 0) is 43.0 Å². The molecule has 1 N–H and O–H groups in total. The van der Waals surface area contributed by atoms with Crippen LogP contribution in [0.2, 0.25) is 0 Å². The van der Waals surface area contributed by atoms with Gasteiger partial charge >= 0.3 is 12.4 Å². The number of hydrogen-bond donors (Lipinski definition) is 1. The lowest BCUT2D eigenvalue weighted by Gasteiger charge is -2.38. The van der Waals surface area contributed by atoms with Crippen LogP contribution < -0.4 is 5.32 Å². The van der Waals surface area contributed by atoms with Crippen molar-refractivity contribution in [2.24, 2.45) is 0 Å². The van der Waals surface area contributed by atoms with E-state index in [1.165, 1.54) is 23.0 Å². The highest BCUT2D eigenvalue weighted by Gasteiger charge is 2.59. The highest BCUT2D eigenvalue weighted by atomic mass is 19.4. The number of ether oxygens (including phenoxy) is 1. The summed E-state index contributed by atoms with van der Waals surface area (Å²) in [5.74, 6) is -0.633. The van der Waals surface area contributed by atoms with Crippen molar-refractivity contribution >= 4 is 5.91 Å². The molecule has 0 saturated carbocycles. The Bertz CT molecular complexity index is 922. The molecule has 2 aliphatic rings. The van der Waals surface area contributed by atoms with E-state index in [-0.39, 0.29) is 25.0 Å². The predicted molar refractivity (Wildman–Crippen MR) is 126 cm³/mol. The monoisotopic (exact) mass is 536 g/mol. The van der Waals surface area contributed by atoms with Gasteiger partial charge in [-0.2, -0.15) is 26.3 Å². The quantitative estimate of drug-likeness (QED) is 0.399. The number of nitrogens with one attached hydrogen (secondary N) is 1. The molecule has 0 aliphatic carbocycles. The molecule has 1 aromatic carbocycles. The lowest BCUT2D eigenvalue weighted by molar-refractivity contribution is -0.317. The van der Waals surface area contributed by atoms with Gasteiger partial charge in [0.25, 0.3) is 6.10 Å². The first-order valence-electron chi connectivity index (χ1n) is 12.3. The number of hydrogen-bond acceptors (Lipinski definition) is 5. The fourth-order valence-electron chi connectivity index (χ4n) is 4.77. The van der Waals surface area contributed by atoms with Gasteiger partial charge in [-0.15, -0.1) is 0 Å². The average Bonchev–Trinajstić information content (AvgIpc) is 2.80. The van der Waals surface area contributed by atoms with Crippen molar-refractivity contribution < 1.29 is 35.9 Å². The zero-order valence-electron chi connectivity index (χ0n) is 21.1. The van der Waals surface area contributed by atoms with Crippen molar-refractivity contribution in [3.8, 4) is 0 Å². The molecular weight excluding hydrogens is 502 g/mol. The van der Waals surface area contributed by atoms with Crippen molar-refractivity contribution in [1.29, 1.82) is 0 Å². The molecule has 3 rings (SSSR count). The van der Waals surface area contributed by atoms with Crippen molar-refractivity contribution in [2.45, 2.75) is 64.3 Å². The molecular formula is C25H34F6N4O2. The smallest absolute Gasteiger partial charge is 0.434 e. The standard InChI is InChI=1S/C25H34F6N4O2/c1-17-20(15-33-9-7-22(8-10-33)32-18(2)36)5-4-6-21(17)16-34-11-13-35(14-12-34)19(3)37-23(24(26,27)28)25(29,30)31/h4-6,22-23H,3,7-16H2,1-2H3,(H,32,36). The number of nitrogens with zero attached hydrogens (tertiary/aromatic N) is 3. The van der Waals surface area contributed by atoms with E-state index >= 15 is 0 Å². The maximum Gasteiger partial charge on any atom is 0.434 e. The van der Waals surface area contributed by atoms with Crippen LogP contribution in [0.25, 0.3) is 0 Å². The fourth-order valence-corrected chi connectivity index (χ4v) is 4.77. The van der Waals surface area contributed by atoms with Crippen LogP contribution in [0, 0.1) is 6.92 Å². The Kier molecular flexibility index (Phi) is 9.38. The first-order chi connectivity index (χ1) is 17.2. The van der Waals surface area contributed by atoms with Crippen LogP contribution in [-0.2, 0) is 22.6 Å². The van der Waals surface area contributed by atoms with Crippen LogP contribution in [0.3, 0.4) is 0 Å². The second-order valence-electron chi connectivity index (χ2n) is 9.69. The van der Waals surface area contributed by atoms with Gasteiger partial charge in [0.2, 0.25) is 5.91 Å². The van der Waals surface area contributed by atoms with E-state index in [0.29, 0.717) is 19.6 Å². The molecule has 0 aromatic heterocycles. The van der Waals surface area contributed by atoms with E-state index in [9.17, 15) is 31.1 Å². The largest absolute Gasteiger partial charge is 0.457 e. The Morgan fingerprint density at radius 3 is 1.92 bits per heavy atom. The third-order valence-electron chi connectivity index (χ3n) is 6.91. The van der Waals surface area contributed by atoms with E-state index in [0.717, 1.165) is 38.0 Å². The summed E-state index contributed by atoms with van der Waals surface area (Å²) in [5.41, 5.74) is 3.50. The number of benzene rings is 1. The number of likely N-dealkylation sites (tertiary alicyclic amines) is 1. The summed E-state index contributed by atoms with van der Waals surface area (Å²) >= 11 is 0. The SMILES string of the molecule is C=C(OC(C(F)(F)F)C(F)(F)F)N1CCN(Cc2cccc(CN3CCC(NC(C)=O)CC3)c2C)CC1. The first kappa shape index (κ1) is 29.1. The number of piperidine rings is 1. The Labute approximate surface area is 213 Å². The van der Waals surface area contributed by atoms with E-state index in [1.807, 2.05) is 12.1 Å². The van der Waals surface area contributed by atoms with Crippen LogP contribution in [0.1, 0.15) is 36.5 Å². The second-order valence-corrected chi connectivity index (χ2v) is 9.69. The first-order valence-corrected chi connectivity index (χ1v) is 12.3. The third-order valence-corrected chi connectivity index (χ3v) is 6.91. The molecule has 2 saturated heterocycles. The van der Waals surface area contributed by atoms with Gasteiger partial charge in [0.15, 0.2) is 5.88 Å². The van der Waals surface area contributed by atoms with E-state index in [2.05, 4.69) is 39.4 Å². The van der Waals surface area contributed by atoms with Crippen molar-refractivity contribution in [2.75, 3.05) is 39.3 Å². The molecule has 0 spiro atoms. The highest BCUT2D eigenvalue weighted by molar-refractivity contribution is 5.73. The summed E-state index contributed by atoms with van der Waals surface area (Å²) < 4.78 is 81.0. The van der Waals surface area contributed by atoms with Gasteiger partial charge in [-0.1, -0.05) is 18.2 Å². The normalized spacial score (nSPS) is 18.8. The van der Waals surface area contributed by atoms with Gasteiger partial charge in [0, 0.05) is 65.3 Å². The molecule has 0 radical (unpaired) electrons. The van der Waals surface area contributed by atoms with Gasteiger partial charge in [-0.3, -0.25) is 14.6 Å². The Morgan fingerprint density at radius 1 is 0.973 bits per heavy atom. The second kappa shape index (κ2) is 11.9. The fraction of sp³-hybridized carbons (Fsp3) is 0.640. The molecule has 37 heavy (non-hydrogen) atoms. The minimum atomic E-state index is -5.58. The molecule has 0 atom stereocenters. The minimum Gasteiger partial charge on any atom is -0.457 e. The average molecular weight is 537 g/mol. The molecule has 1 aromatic rings. The van der Waals surface area contributed by atoms with Gasteiger partial charge in [0.1, 0.15) is 0 Å². The summed E-state index contributed by atoms with van der Waals surface area (Å²) in [6.07, 6.45) is -13.2. The van der Waals surface area contributed by atoms with E-state index in [4.69, 9.17) is 0 Å². The lowest BCUT2D eigenvalue weighted by atomic mass is 9.99. The highest BCUT2D eigenvalue weighted by Crippen LogP contribution is 2.37. The molecule has 2 aliphatic heterocycles. The zero-order chi connectivity index (χ0) is 27.4. The molecule has 208 valence electrons. The third kappa shape index (κ3) is 8.26. The van der Waals surface area contributed by atoms with Crippen LogP contribution in [0.4, 0.5) is 26.3 Å². The van der Waals surface area contributed by atoms with Gasteiger partial charge < -0.3 is 15.0 Å². The maximum atomic E-state index is 12.8. The number of piperazine rings is 1. The van der Waals surface area contributed by atoms with Crippen molar-refractivity contribution in [3.63, 3.8) is 0 Å². The number of rotatable bonds is 8. The van der Waals surface area contributed by atoms with Crippen molar-refractivity contribution in [1.82, 2.24) is 20.0 Å². The molecule has 0 unspecified atom stereocenters. The summed E-state index contributed by atoms with van der Waals surface area (Å²) in [7, 11) is 0. The van der Waals surface area contributed by atoms with Crippen LogP contribution in [-0.4, -0.2) is 84.4 Å². The topological polar surface area (TPSA) is 48.1 Å². The molecule has 12 heteroatoms. The Morgan fingerprint density at radius 2 is 1.46 bits per heavy atom. The maximum absolute atomic E-state index is 12.8. The lowest BCUT2D eigenvalue weighted by Crippen LogP contribution is -2.49. The summed E-state index contributed by atoms with van der Waals surface area (Å²) in [6, 6.07) is 6.35. The predicted octanol–water partition coefficient (Wildman–Crippen LogP) is 4.19. The van der Waals surface area contributed by atoms with Crippen LogP contribution in [0.15, 0.2) is 30.7 Å². The Hall–Kier alpha value is -2.47. The number of halogens is 6. The molecule has 2 heterocycles. The zero-order valence-corrected chi connectivity index (χ0v) is 21.1. The molecule has 2 fully saturated rings. The number of amides is 1. The summed E-state index contributed by atoms with van der Waals surface area (Å²) in [6.45, 7) is 11.4. The van der Waals surface area contributed by atoms with E-state index in [1.54, 1.807) is 0 Å². The Balaban J connectivity index is 1.51. The van der Waals surface area contributed by atoms with Gasteiger partial charge in [0.05, 0.1) is 0 Å². The van der Waals surface area contributed by atoms with E-state index < -0.39 is 24.3 Å². The number of alkyl halides is 6. The van der Waals surface area contributed by atoms with Gasteiger partial charge in [-0.25, -0.2) is 0 Å². The molecule has 0 bridgehead atoms. The molecule has 6 nitrogen and oxygen atoms in total.